The summed E-state index contributed by atoms with van der Waals surface area (Å²) in [6.07, 6.45) is 0. The Balaban J connectivity index is 2.39. The number of rotatable bonds is 2. The van der Waals surface area contributed by atoms with Crippen LogP contribution in [0.1, 0.15) is 10.7 Å². The summed E-state index contributed by atoms with van der Waals surface area (Å²) in [5.41, 5.74) is 2.95. The predicted octanol–water partition coefficient (Wildman–Crippen LogP) is 2.59. The first-order valence-electron chi connectivity index (χ1n) is 4.22. The van der Waals surface area contributed by atoms with Crippen LogP contribution < -0.4 is 0 Å². The number of alkyl halides is 1. The van der Waals surface area contributed by atoms with Gasteiger partial charge in [0.15, 0.2) is 0 Å². The lowest BCUT2D eigenvalue weighted by Crippen LogP contribution is -1.92. The zero-order chi connectivity index (χ0) is 10.1. The third kappa shape index (κ3) is 1.67. The van der Waals surface area contributed by atoms with Gasteiger partial charge in [-0.2, -0.15) is 5.10 Å². The lowest BCUT2D eigenvalue weighted by Gasteiger charge is -1.89. The zero-order valence-electron chi connectivity index (χ0n) is 7.99. The summed E-state index contributed by atoms with van der Waals surface area (Å²) < 4.78 is 1.84. The molecule has 0 amide bonds. The first-order chi connectivity index (χ1) is 6.70. The van der Waals surface area contributed by atoms with Crippen LogP contribution in [-0.2, 0) is 12.9 Å². The van der Waals surface area contributed by atoms with Crippen molar-refractivity contribution in [1.82, 2.24) is 14.8 Å². The van der Waals surface area contributed by atoms with Crippen LogP contribution in [0.5, 0.6) is 0 Å². The molecule has 2 rings (SSSR count). The van der Waals surface area contributed by atoms with Gasteiger partial charge < -0.3 is 0 Å². The van der Waals surface area contributed by atoms with Gasteiger partial charge in [0.25, 0.3) is 0 Å². The van der Waals surface area contributed by atoms with E-state index in [4.69, 9.17) is 11.6 Å². The van der Waals surface area contributed by atoms with Crippen molar-refractivity contribution >= 4 is 22.9 Å². The summed E-state index contributed by atoms with van der Waals surface area (Å²) in [5, 5.41) is 7.27. The van der Waals surface area contributed by atoms with Crippen LogP contribution in [0.25, 0.3) is 11.4 Å². The largest absolute Gasteiger partial charge is 0.272 e. The Morgan fingerprint density at radius 2 is 2.29 bits per heavy atom. The summed E-state index contributed by atoms with van der Waals surface area (Å²) in [5.74, 6) is 0.469. The highest BCUT2D eigenvalue weighted by Gasteiger charge is 2.07. The molecule has 0 atom stereocenters. The van der Waals surface area contributed by atoms with E-state index in [2.05, 4.69) is 10.1 Å². The third-order valence-electron chi connectivity index (χ3n) is 2.04. The first kappa shape index (κ1) is 9.68. The number of hydrogen-bond acceptors (Lipinski definition) is 3. The van der Waals surface area contributed by atoms with Crippen LogP contribution in [0.3, 0.4) is 0 Å². The van der Waals surface area contributed by atoms with Crippen LogP contribution in [-0.4, -0.2) is 14.8 Å². The van der Waals surface area contributed by atoms with E-state index in [9.17, 15) is 0 Å². The molecule has 74 valence electrons. The summed E-state index contributed by atoms with van der Waals surface area (Å²) in [6, 6.07) is 2.02. The van der Waals surface area contributed by atoms with Crippen molar-refractivity contribution in [3.8, 4) is 11.4 Å². The lowest BCUT2D eigenvalue weighted by atomic mass is 10.3. The Kier molecular flexibility index (Phi) is 2.56. The molecule has 2 aromatic heterocycles. The smallest absolute Gasteiger partial charge is 0.112 e. The number of nitrogens with zero attached hydrogens (tertiary/aromatic N) is 3. The third-order valence-corrected chi connectivity index (χ3v) is 3.30. The average Bonchev–Trinajstić information content (AvgIpc) is 2.74. The minimum Gasteiger partial charge on any atom is -0.272 e. The van der Waals surface area contributed by atoms with Gasteiger partial charge in [0.2, 0.25) is 0 Å². The molecule has 0 saturated heterocycles. The van der Waals surface area contributed by atoms with E-state index < -0.39 is 0 Å². The molecule has 0 aromatic carbocycles. The molecule has 0 radical (unpaired) electrons. The molecule has 2 heterocycles. The second kappa shape index (κ2) is 3.71. The van der Waals surface area contributed by atoms with Gasteiger partial charge >= 0.3 is 0 Å². The Morgan fingerprint density at radius 1 is 1.50 bits per heavy atom. The van der Waals surface area contributed by atoms with E-state index in [0.717, 1.165) is 22.1 Å². The molecule has 14 heavy (non-hydrogen) atoms. The van der Waals surface area contributed by atoms with Gasteiger partial charge in [0.1, 0.15) is 16.4 Å². The standard InChI is InChI=1S/C9H10ClN3S/c1-6-3-7(12-13(6)2)8-5-14-9(4-10)11-8/h3,5H,4H2,1-2H3. The van der Waals surface area contributed by atoms with Crippen LogP contribution in [0.15, 0.2) is 11.4 Å². The second-order valence-corrected chi connectivity index (χ2v) is 4.26. The number of thiazole rings is 1. The van der Waals surface area contributed by atoms with E-state index in [-0.39, 0.29) is 0 Å². The molecule has 0 fully saturated rings. The van der Waals surface area contributed by atoms with Gasteiger partial charge in [-0.25, -0.2) is 4.98 Å². The normalized spacial score (nSPS) is 10.8. The molecule has 0 unspecified atom stereocenters. The highest BCUT2D eigenvalue weighted by molar-refractivity contribution is 7.10. The SMILES string of the molecule is Cc1cc(-c2csc(CCl)n2)nn1C. The maximum absolute atomic E-state index is 5.69. The number of hydrogen-bond donors (Lipinski definition) is 0. The molecule has 0 aliphatic carbocycles. The fourth-order valence-corrected chi connectivity index (χ4v) is 2.06. The van der Waals surface area contributed by atoms with Crippen LogP contribution in [0.2, 0.25) is 0 Å². The van der Waals surface area contributed by atoms with Crippen molar-refractivity contribution in [2.45, 2.75) is 12.8 Å². The zero-order valence-corrected chi connectivity index (χ0v) is 9.56. The molecule has 3 nitrogen and oxygen atoms in total. The van der Waals surface area contributed by atoms with E-state index in [1.54, 1.807) is 11.3 Å². The highest BCUT2D eigenvalue weighted by Crippen LogP contribution is 2.21. The molecule has 5 heteroatoms. The minimum atomic E-state index is 0.469. The molecule has 2 aromatic rings. The van der Waals surface area contributed by atoms with Crippen LogP contribution in [0.4, 0.5) is 0 Å². The Labute approximate surface area is 91.4 Å². The van der Waals surface area contributed by atoms with Gasteiger partial charge in [-0.3, -0.25) is 4.68 Å². The molecule has 0 saturated carbocycles. The van der Waals surface area contributed by atoms with E-state index in [1.165, 1.54) is 0 Å². The fourth-order valence-electron chi connectivity index (χ4n) is 1.18. The number of halogens is 1. The summed E-state index contributed by atoms with van der Waals surface area (Å²) in [6.45, 7) is 2.02. The molecular formula is C9H10ClN3S. The quantitative estimate of drug-likeness (QED) is 0.739. The predicted molar refractivity (Wildman–Crippen MR) is 58.6 cm³/mol. The van der Waals surface area contributed by atoms with Crippen molar-refractivity contribution in [1.29, 1.82) is 0 Å². The van der Waals surface area contributed by atoms with Gasteiger partial charge in [0, 0.05) is 18.1 Å². The summed E-state index contributed by atoms with van der Waals surface area (Å²) in [4.78, 5) is 4.36. The number of aromatic nitrogens is 3. The van der Waals surface area contributed by atoms with E-state index in [0.29, 0.717) is 5.88 Å². The molecule has 0 spiro atoms. The van der Waals surface area contributed by atoms with Gasteiger partial charge in [0.05, 0.1) is 5.88 Å². The van der Waals surface area contributed by atoms with Crippen molar-refractivity contribution in [3.05, 3.63) is 22.1 Å². The van der Waals surface area contributed by atoms with Crippen LogP contribution in [0, 0.1) is 6.92 Å². The van der Waals surface area contributed by atoms with E-state index >= 15 is 0 Å². The van der Waals surface area contributed by atoms with Crippen molar-refractivity contribution in [3.63, 3.8) is 0 Å². The second-order valence-electron chi connectivity index (χ2n) is 3.05. The monoisotopic (exact) mass is 227 g/mol. The van der Waals surface area contributed by atoms with Crippen molar-refractivity contribution in [2.24, 2.45) is 7.05 Å². The minimum absolute atomic E-state index is 0.469. The molecule has 0 aliphatic rings. The highest BCUT2D eigenvalue weighted by atomic mass is 35.5. The van der Waals surface area contributed by atoms with Gasteiger partial charge in [-0.15, -0.1) is 22.9 Å². The van der Waals surface area contributed by atoms with Crippen LogP contribution >= 0.6 is 22.9 Å². The lowest BCUT2D eigenvalue weighted by molar-refractivity contribution is 0.742. The van der Waals surface area contributed by atoms with Crippen molar-refractivity contribution < 1.29 is 0 Å². The topological polar surface area (TPSA) is 30.7 Å². The maximum Gasteiger partial charge on any atom is 0.112 e. The first-order valence-corrected chi connectivity index (χ1v) is 5.63. The van der Waals surface area contributed by atoms with Gasteiger partial charge in [-0.05, 0) is 13.0 Å². The number of aryl methyl sites for hydroxylation is 2. The fraction of sp³-hybridized carbons (Fsp3) is 0.333. The Hall–Kier alpha value is -0.870. The average molecular weight is 228 g/mol. The van der Waals surface area contributed by atoms with E-state index in [1.807, 2.05) is 30.1 Å². The molecule has 0 N–H and O–H groups in total. The Bertz CT molecular complexity index is 427. The summed E-state index contributed by atoms with van der Waals surface area (Å²) >= 11 is 7.25. The molecule has 0 bridgehead atoms. The molecular weight excluding hydrogens is 218 g/mol. The Morgan fingerprint density at radius 3 is 2.79 bits per heavy atom. The summed E-state index contributed by atoms with van der Waals surface area (Å²) in [7, 11) is 1.92. The maximum atomic E-state index is 5.69. The van der Waals surface area contributed by atoms with Crippen molar-refractivity contribution in [2.75, 3.05) is 0 Å². The molecule has 0 aliphatic heterocycles. The van der Waals surface area contributed by atoms with Gasteiger partial charge in [-0.1, -0.05) is 0 Å².